The van der Waals surface area contributed by atoms with Crippen molar-refractivity contribution in [1.29, 1.82) is 0 Å². The summed E-state index contributed by atoms with van der Waals surface area (Å²) in [5.74, 6) is -1.25. The van der Waals surface area contributed by atoms with Gasteiger partial charge in [0.1, 0.15) is 0 Å². The Kier molecular flexibility index (Phi) is 6.29. The van der Waals surface area contributed by atoms with Crippen molar-refractivity contribution in [3.63, 3.8) is 0 Å². The predicted molar refractivity (Wildman–Crippen MR) is 97.9 cm³/mol. The van der Waals surface area contributed by atoms with Crippen LogP contribution in [0.25, 0.3) is 0 Å². The van der Waals surface area contributed by atoms with Crippen molar-refractivity contribution < 1.29 is 23.7 Å². The van der Waals surface area contributed by atoms with Gasteiger partial charge in [-0.3, -0.25) is 4.79 Å². The summed E-state index contributed by atoms with van der Waals surface area (Å²) in [6.07, 6.45) is 3.50. The first-order chi connectivity index (χ1) is 12.5. The summed E-state index contributed by atoms with van der Waals surface area (Å²) in [6.45, 7) is 6.35. The molecule has 0 saturated carbocycles. The highest BCUT2D eigenvalue weighted by Crippen LogP contribution is 2.37. The van der Waals surface area contributed by atoms with E-state index >= 15 is 0 Å². The normalized spacial score (nSPS) is 21.0. The highest BCUT2D eigenvalue weighted by Gasteiger charge is 2.46. The Bertz CT molecular complexity index is 589. The number of nitrogens with one attached hydrogen (secondary N) is 1. The average molecular weight is 363 g/mol. The van der Waals surface area contributed by atoms with Crippen molar-refractivity contribution >= 4 is 11.6 Å². The molecule has 144 valence electrons. The van der Waals surface area contributed by atoms with E-state index in [1.807, 2.05) is 38.1 Å². The number of hydrogen-bond acceptors (Lipinski definition) is 5. The molecule has 1 aromatic carbocycles. The monoisotopic (exact) mass is 363 g/mol. The highest BCUT2D eigenvalue weighted by molar-refractivity contribution is 5.90. The van der Waals surface area contributed by atoms with Crippen LogP contribution in [0.15, 0.2) is 24.3 Å². The van der Waals surface area contributed by atoms with Crippen molar-refractivity contribution in [3.05, 3.63) is 29.8 Å². The van der Waals surface area contributed by atoms with Crippen LogP contribution in [0.3, 0.4) is 0 Å². The van der Waals surface area contributed by atoms with Gasteiger partial charge >= 0.3 is 0 Å². The molecule has 0 unspecified atom stereocenters. The van der Waals surface area contributed by atoms with Crippen molar-refractivity contribution in [3.8, 4) is 0 Å². The molecule has 0 aromatic heterocycles. The van der Waals surface area contributed by atoms with E-state index in [0.29, 0.717) is 39.3 Å². The van der Waals surface area contributed by atoms with Gasteiger partial charge in [0, 0.05) is 18.5 Å². The molecule has 0 radical (unpaired) electrons. The number of ether oxygens (including phenoxy) is 4. The fourth-order valence-corrected chi connectivity index (χ4v) is 3.52. The fourth-order valence-electron chi connectivity index (χ4n) is 3.52. The van der Waals surface area contributed by atoms with Gasteiger partial charge < -0.3 is 24.3 Å². The summed E-state index contributed by atoms with van der Waals surface area (Å²) in [6, 6.07) is 7.95. The minimum absolute atomic E-state index is 0.0526. The van der Waals surface area contributed by atoms with E-state index in [4.69, 9.17) is 18.9 Å². The number of hydrogen-bond donors (Lipinski definition) is 1. The lowest BCUT2D eigenvalue weighted by atomic mass is 9.98. The molecule has 1 aromatic rings. The minimum Gasteiger partial charge on any atom is -0.348 e. The van der Waals surface area contributed by atoms with Crippen LogP contribution in [0.5, 0.6) is 0 Å². The molecular formula is C20H29NO5. The van der Waals surface area contributed by atoms with Gasteiger partial charge in [-0.15, -0.1) is 0 Å². The third kappa shape index (κ3) is 5.04. The molecule has 2 heterocycles. The Morgan fingerprint density at radius 2 is 1.65 bits per heavy atom. The molecule has 1 amide bonds. The van der Waals surface area contributed by atoms with Crippen LogP contribution in [0.4, 0.5) is 5.69 Å². The first kappa shape index (κ1) is 19.3. The maximum atomic E-state index is 11.7. The second-order valence-corrected chi connectivity index (χ2v) is 7.11. The molecule has 2 aliphatic rings. The van der Waals surface area contributed by atoms with Crippen LogP contribution < -0.4 is 5.32 Å². The van der Waals surface area contributed by atoms with Gasteiger partial charge in [-0.25, -0.2) is 0 Å². The molecule has 1 N–H and O–H groups in total. The summed E-state index contributed by atoms with van der Waals surface area (Å²) < 4.78 is 23.4. The number of carbonyl (C=O) groups excluding carboxylic acids is 1. The van der Waals surface area contributed by atoms with E-state index in [0.717, 1.165) is 24.9 Å². The zero-order valence-corrected chi connectivity index (χ0v) is 15.7. The maximum Gasteiger partial charge on any atom is 0.224 e. The molecule has 3 rings (SSSR count). The molecule has 0 bridgehead atoms. The maximum absolute atomic E-state index is 11.7. The fraction of sp³-hybridized carbons (Fsp3) is 0.650. The van der Waals surface area contributed by atoms with E-state index in [2.05, 4.69) is 5.32 Å². The summed E-state index contributed by atoms with van der Waals surface area (Å²) in [5.41, 5.74) is 2.01. The third-order valence-electron chi connectivity index (χ3n) is 4.81. The highest BCUT2D eigenvalue weighted by atomic mass is 16.8. The van der Waals surface area contributed by atoms with Crippen molar-refractivity contribution in [2.75, 3.05) is 31.7 Å². The number of benzene rings is 1. The molecule has 0 aliphatic carbocycles. The molecule has 6 heteroatoms. The quantitative estimate of drug-likeness (QED) is 0.768. The Balaban J connectivity index is 1.56. The van der Waals surface area contributed by atoms with Crippen LogP contribution in [0.2, 0.25) is 0 Å². The molecule has 2 fully saturated rings. The Hall–Kier alpha value is -1.47. The number of rotatable bonds is 8. The smallest absolute Gasteiger partial charge is 0.224 e. The van der Waals surface area contributed by atoms with Gasteiger partial charge in [0.15, 0.2) is 11.6 Å². The van der Waals surface area contributed by atoms with Gasteiger partial charge in [-0.1, -0.05) is 19.1 Å². The third-order valence-corrected chi connectivity index (χ3v) is 4.81. The van der Waals surface area contributed by atoms with Gasteiger partial charge in [0.25, 0.3) is 0 Å². The lowest BCUT2D eigenvalue weighted by Gasteiger charge is -2.34. The Morgan fingerprint density at radius 1 is 1.04 bits per heavy atom. The van der Waals surface area contributed by atoms with E-state index in [1.54, 1.807) is 0 Å². The number of carbonyl (C=O) groups is 1. The summed E-state index contributed by atoms with van der Waals surface area (Å²) >= 11 is 0. The molecular weight excluding hydrogens is 334 g/mol. The summed E-state index contributed by atoms with van der Waals surface area (Å²) in [7, 11) is 0. The van der Waals surface area contributed by atoms with E-state index in [9.17, 15) is 4.79 Å². The van der Waals surface area contributed by atoms with Crippen LogP contribution in [-0.4, -0.2) is 43.9 Å². The summed E-state index contributed by atoms with van der Waals surface area (Å²) in [5, 5.41) is 2.91. The summed E-state index contributed by atoms with van der Waals surface area (Å²) in [4.78, 5) is 11.7. The Labute approximate surface area is 155 Å². The van der Waals surface area contributed by atoms with Gasteiger partial charge in [0.2, 0.25) is 5.91 Å². The van der Waals surface area contributed by atoms with Gasteiger partial charge in [0.05, 0.1) is 32.8 Å². The molecule has 0 atom stereocenters. The number of anilines is 1. The van der Waals surface area contributed by atoms with Crippen LogP contribution in [0.1, 0.15) is 45.1 Å². The molecule has 6 nitrogen and oxygen atoms in total. The van der Waals surface area contributed by atoms with Crippen LogP contribution in [0, 0.1) is 0 Å². The van der Waals surface area contributed by atoms with Crippen LogP contribution in [-0.2, 0) is 30.2 Å². The molecule has 2 saturated heterocycles. The second kappa shape index (κ2) is 8.48. The van der Waals surface area contributed by atoms with E-state index < -0.39 is 11.6 Å². The van der Waals surface area contributed by atoms with Crippen molar-refractivity contribution in [2.24, 2.45) is 0 Å². The first-order valence-electron chi connectivity index (χ1n) is 9.47. The van der Waals surface area contributed by atoms with Crippen molar-refractivity contribution in [2.45, 2.75) is 57.5 Å². The van der Waals surface area contributed by atoms with E-state index in [-0.39, 0.29) is 5.91 Å². The van der Waals surface area contributed by atoms with Gasteiger partial charge in [-0.05, 0) is 37.5 Å². The standard InChI is InChI=1S/C20H29NO5/c1-3-4-18(22)21-17-7-5-16(6-8-17)9-10-20(25-13-14-26-20)15-19(2)23-11-12-24-19/h5-8H,3-4,9-15H2,1-2H3,(H,21,22). The largest absolute Gasteiger partial charge is 0.348 e. The van der Waals surface area contributed by atoms with Crippen LogP contribution >= 0.6 is 0 Å². The Morgan fingerprint density at radius 3 is 2.27 bits per heavy atom. The van der Waals surface area contributed by atoms with Crippen molar-refractivity contribution in [1.82, 2.24) is 0 Å². The second-order valence-electron chi connectivity index (χ2n) is 7.11. The topological polar surface area (TPSA) is 66.0 Å². The zero-order valence-electron chi connectivity index (χ0n) is 15.7. The van der Waals surface area contributed by atoms with E-state index in [1.165, 1.54) is 5.56 Å². The number of amides is 1. The zero-order chi connectivity index (χ0) is 18.5. The predicted octanol–water partition coefficient (Wildman–Crippen LogP) is 3.25. The minimum atomic E-state index is -0.660. The lowest BCUT2D eigenvalue weighted by Crippen LogP contribution is -2.41. The number of aryl methyl sites for hydroxylation is 1. The lowest BCUT2D eigenvalue weighted by molar-refractivity contribution is -0.244. The van der Waals surface area contributed by atoms with Gasteiger partial charge in [-0.2, -0.15) is 0 Å². The molecule has 2 aliphatic heterocycles. The average Bonchev–Trinajstić information content (AvgIpc) is 3.24. The molecule has 26 heavy (non-hydrogen) atoms. The first-order valence-corrected chi connectivity index (χ1v) is 9.47. The molecule has 0 spiro atoms. The SMILES string of the molecule is CCCC(=O)Nc1ccc(CCC2(CC3(C)OCCO3)OCCO2)cc1.